The van der Waals surface area contributed by atoms with Crippen molar-refractivity contribution < 1.29 is 9.47 Å². The number of tetrazole rings is 1. The highest BCUT2D eigenvalue weighted by atomic mass is 35.5. The fraction of sp³-hybridized carbons (Fsp3) is 0.593. The van der Waals surface area contributed by atoms with E-state index in [9.17, 15) is 0 Å². The Labute approximate surface area is 237 Å². The number of benzene rings is 1. The molecule has 11 heteroatoms. The van der Waals surface area contributed by atoms with Gasteiger partial charge in [0.2, 0.25) is 5.88 Å². The van der Waals surface area contributed by atoms with Gasteiger partial charge in [-0.15, -0.1) is 35.0 Å². The van der Waals surface area contributed by atoms with Crippen LogP contribution in [0.4, 0.5) is 0 Å². The van der Waals surface area contributed by atoms with Crippen LogP contribution in [-0.4, -0.2) is 55.7 Å². The first-order chi connectivity index (χ1) is 17.7. The average Bonchev–Trinajstić information content (AvgIpc) is 3.35. The first kappa shape index (κ1) is 30.1. The minimum absolute atomic E-state index is 0. The number of nitrogens with one attached hydrogen (secondary N) is 1. The molecule has 1 aliphatic heterocycles. The van der Waals surface area contributed by atoms with Crippen LogP contribution in [0.25, 0.3) is 22.5 Å². The average molecular weight is 565 g/mol. The monoisotopic (exact) mass is 563 g/mol. The van der Waals surface area contributed by atoms with E-state index in [1.165, 1.54) is 19.3 Å². The fourth-order valence-electron chi connectivity index (χ4n) is 5.11. The molecular weight excluding hydrogens is 525 g/mol. The zero-order chi connectivity index (χ0) is 24.7. The molecule has 38 heavy (non-hydrogen) atoms. The second-order valence-corrected chi connectivity index (χ2v) is 9.93. The lowest BCUT2D eigenvalue weighted by Gasteiger charge is -2.24. The first-order valence-electron chi connectivity index (χ1n) is 13.5. The van der Waals surface area contributed by atoms with Crippen molar-refractivity contribution in [2.24, 2.45) is 7.05 Å². The van der Waals surface area contributed by atoms with Crippen LogP contribution >= 0.6 is 24.8 Å². The second-order valence-electron chi connectivity index (χ2n) is 9.93. The molecule has 2 aromatic heterocycles. The lowest BCUT2D eigenvalue weighted by molar-refractivity contribution is 0.154. The standard InChI is InChI=1S/C27H37N7O2.2ClH/c1-3-4-10-24-22(18-26(30-29-24)36-21-13-15-28-16-14-21)19-11-12-25(35-20-8-6-5-7-9-20)23(17-19)27-31-32-33-34(27)2;;/h11-12,17-18,20-21,28H,3-10,13-16H2,1-2H3;2*1H. The number of unbranched alkanes of at least 4 members (excludes halogenated alkanes) is 1. The van der Waals surface area contributed by atoms with Crippen LogP contribution in [0.15, 0.2) is 24.3 Å². The van der Waals surface area contributed by atoms with E-state index in [0.717, 1.165) is 86.2 Å². The number of rotatable bonds is 9. The van der Waals surface area contributed by atoms with Crippen LogP contribution < -0.4 is 14.8 Å². The van der Waals surface area contributed by atoms with Crippen LogP contribution in [0, 0.1) is 0 Å². The smallest absolute Gasteiger partial charge is 0.234 e. The zero-order valence-corrected chi connectivity index (χ0v) is 23.9. The molecule has 2 fully saturated rings. The number of piperidine rings is 1. The molecule has 0 bridgehead atoms. The molecule has 208 valence electrons. The molecule has 1 N–H and O–H groups in total. The Balaban J connectivity index is 0.00000200. The summed E-state index contributed by atoms with van der Waals surface area (Å²) in [4.78, 5) is 0. The number of hydrogen-bond donors (Lipinski definition) is 1. The topological polar surface area (TPSA) is 99.9 Å². The van der Waals surface area contributed by atoms with Gasteiger partial charge in [0.15, 0.2) is 5.82 Å². The van der Waals surface area contributed by atoms with E-state index >= 15 is 0 Å². The number of halogens is 2. The van der Waals surface area contributed by atoms with Crippen molar-refractivity contribution in [3.8, 4) is 34.1 Å². The van der Waals surface area contributed by atoms with Crippen molar-refractivity contribution in [3.63, 3.8) is 0 Å². The molecule has 5 rings (SSSR count). The fourth-order valence-corrected chi connectivity index (χ4v) is 5.11. The number of ether oxygens (including phenoxy) is 2. The second kappa shape index (κ2) is 14.6. The third-order valence-corrected chi connectivity index (χ3v) is 7.19. The third kappa shape index (κ3) is 7.33. The number of hydrogen-bond acceptors (Lipinski definition) is 8. The van der Waals surface area contributed by atoms with Gasteiger partial charge in [0.25, 0.3) is 0 Å². The third-order valence-electron chi connectivity index (χ3n) is 7.19. The molecule has 1 saturated heterocycles. The van der Waals surface area contributed by atoms with Gasteiger partial charge >= 0.3 is 0 Å². The van der Waals surface area contributed by atoms with E-state index < -0.39 is 0 Å². The van der Waals surface area contributed by atoms with E-state index in [1.807, 2.05) is 7.05 Å². The minimum Gasteiger partial charge on any atom is -0.490 e. The van der Waals surface area contributed by atoms with Crippen molar-refractivity contribution in [3.05, 3.63) is 30.0 Å². The zero-order valence-electron chi connectivity index (χ0n) is 22.3. The van der Waals surface area contributed by atoms with Crippen molar-refractivity contribution in [1.82, 2.24) is 35.7 Å². The first-order valence-corrected chi connectivity index (χ1v) is 13.5. The van der Waals surface area contributed by atoms with Crippen LogP contribution in [-0.2, 0) is 13.5 Å². The number of aryl methyl sites for hydroxylation is 2. The van der Waals surface area contributed by atoms with Crippen LogP contribution in [0.2, 0.25) is 0 Å². The van der Waals surface area contributed by atoms with E-state index in [2.05, 4.69) is 62.2 Å². The molecule has 2 aliphatic rings. The highest BCUT2D eigenvalue weighted by Crippen LogP contribution is 2.37. The van der Waals surface area contributed by atoms with Gasteiger partial charge in [0, 0.05) is 18.7 Å². The molecule has 1 aromatic carbocycles. The molecule has 0 radical (unpaired) electrons. The van der Waals surface area contributed by atoms with Gasteiger partial charge in [-0.1, -0.05) is 25.8 Å². The maximum Gasteiger partial charge on any atom is 0.234 e. The Morgan fingerprint density at radius 1 is 0.895 bits per heavy atom. The van der Waals surface area contributed by atoms with Crippen LogP contribution in [0.5, 0.6) is 11.6 Å². The summed E-state index contributed by atoms with van der Waals surface area (Å²) in [6, 6.07) is 8.36. The summed E-state index contributed by atoms with van der Waals surface area (Å²) in [5.41, 5.74) is 3.96. The van der Waals surface area contributed by atoms with Gasteiger partial charge < -0.3 is 14.8 Å². The highest BCUT2D eigenvalue weighted by molar-refractivity contribution is 5.85. The normalized spacial score (nSPS) is 16.4. The molecular formula is C27H39Cl2N7O2. The number of nitrogens with zero attached hydrogens (tertiary/aromatic N) is 6. The van der Waals surface area contributed by atoms with Crippen molar-refractivity contribution in [1.29, 1.82) is 0 Å². The maximum atomic E-state index is 6.51. The molecule has 0 atom stereocenters. The summed E-state index contributed by atoms with van der Waals surface area (Å²) in [6.45, 7) is 4.13. The molecule has 3 heterocycles. The summed E-state index contributed by atoms with van der Waals surface area (Å²) in [5.74, 6) is 2.10. The van der Waals surface area contributed by atoms with Gasteiger partial charge in [0.1, 0.15) is 11.9 Å². The summed E-state index contributed by atoms with van der Waals surface area (Å²) in [7, 11) is 1.86. The summed E-state index contributed by atoms with van der Waals surface area (Å²) >= 11 is 0. The summed E-state index contributed by atoms with van der Waals surface area (Å²) < 4.78 is 14.5. The van der Waals surface area contributed by atoms with Crippen molar-refractivity contribution in [2.75, 3.05) is 13.1 Å². The lowest BCUT2D eigenvalue weighted by atomic mass is 9.97. The van der Waals surface area contributed by atoms with Crippen LogP contribution in [0.1, 0.15) is 70.4 Å². The molecule has 1 saturated carbocycles. The van der Waals surface area contributed by atoms with Crippen molar-refractivity contribution in [2.45, 2.75) is 83.3 Å². The summed E-state index contributed by atoms with van der Waals surface area (Å²) in [6.07, 6.45) is 11.3. The predicted molar refractivity (Wildman–Crippen MR) is 152 cm³/mol. The Morgan fingerprint density at radius 2 is 1.66 bits per heavy atom. The Bertz CT molecular complexity index is 1150. The van der Waals surface area contributed by atoms with Gasteiger partial charge in [-0.25, -0.2) is 4.68 Å². The van der Waals surface area contributed by atoms with Gasteiger partial charge in [0.05, 0.1) is 17.4 Å². The van der Waals surface area contributed by atoms with E-state index in [1.54, 1.807) is 4.68 Å². The minimum atomic E-state index is 0. The van der Waals surface area contributed by atoms with Gasteiger partial charge in [-0.05, 0) is 92.6 Å². The largest absolute Gasteiger partial charge is 0.490 e. The SMILES string of the molecule is CCCCc1nnc(OC2CCNCC2)cc1-c1ccc(OC2CCCCC2)c(-c2nnnn2C)c1.Cl.Cl. The lowest BCUT2D eigenvalue weighted by Crippen LogP contribution is -2.34. The van der Waals surface area contributed by atoms with Crippen molar-refractivity contribution >= 4 is 24.8 Å². The Hall–Kier alpha value is -2.49. The quantitative estimate of drug-likeness (QED) is 0.371. The van der Waals surface area contributed by atoms with Gasteiger partial charge in [-0.3, -0.25) is 0 Å². The maximum absolute atomic E-state index is 6.51. The molecule has 0 spiro atoms. The van der Waals surface area contributed by atoms with E-state index in [0.29, 0.717) is 11.7 Å². The van der Waals surface area contributed by atoms with E-state index in [4.69, 9.17) is 9.47 Å². The molecule has 0 amide bonds. The molecule has 3 aromatic rings. The Morgan fingerprint density at radius 3 is 2.37 bits per heavy atom. The van der Waals surface area contributed by atoms with Gasteiger partial charge in [-0.2, -0.15) is 5.10 Å². The summed E-state index contributed by atoms with van der Waals surface area (Å²) in [5, 5.41) is 24.7. The highest BCUT2D eigenvalue weighted by Gasteiger charge is 2.22. The molecule has 1 aliphatic carbocycles. The molecule has 0 unspecified atom stereocenters. The van der Waals surface area contributed by atoms with Crippen LogP contribution in [0.3, 0.4) is 0 Å². The van der Waals surface area contributed by atoms with E-state index in [-0.39, 0.29) is 37.0 Å². The molecule has 9 nitrogen and oxygen atoms in total. The predicted octanol–water partition coefficient (Wildman–Crippen LogP) is 5.36. The number of aromatic nitrogens is 6. The Kier molecular flexibility index (Phi) is 11.6.